The van der Waals surface area contributed by atoms with Gasteiger partial charge in [-0.25, -0.2) is 0 Å². The molecular formula is C3H9NO2. The highest BCUT2D eigenvalue weighted by Crippen LogP contribution is 1.74. The molecule has 3 heteroatoms. The van der Waals surface area contributed by atoms with Gasteiger partial charge in [-0.05, 0) is 0 Å². The fourth-order valence-electron chi connectivity index (χ4n) is 0.0745. The zero-order valence-electron chi connectivity index (χ0n) is 4.26. The summed E-state index contributed by atoms with van der Waals surface area (Å²) >= 11 is 0. The smallest absolute Gasteiger partial charge is 0.0601 e. The van der Waals surface area contributed by atoms with Crippen LogP contribution in [0.3, 0.4) is 0 Å². The Hall–Kier alpha value is -0.120. The van der Waals surface area contributed by atoms with Gasteiger partial charge in [0, 0.05) is 7.05 Å². The van der Waals surface area contributed by atoms with E-state index in [0.717, 1.165) is 0 Å². The number of hydrogen-bond donors (Lipinski definition) is 0. The third-order valence-electron chi connectivity index (χ3n) is 0.514. The maximum absolute atomic E-state index is 4.51. The maximum atomic E-state index is 4.51. The number of hydroxylamine groups is 2. The van der Waals surface area contributed by atoms with Gasteiger partial charge in [0.15, 0.2) is 0 Å². The van der Waals surface area contributed by atoms with E-state index in [1.54, 1.807) is 7.05 Å². The Labute approximate surface area is 37.4 Å². The number of hydrogen-bond acceptors (Lipinski definition) is 3. The lowest BCUT2D eigenvalue weighted by Crippen LogP contribution is -2.13. The lowest BCUT2D eigenvalue weighted by Gasteiger charge is -2.06. The third kappa shape index (κ3) is 2.14. The molecule has 0 N–H and O–H groups in total. The highest BCUT2D eigenvalue weighted by molar-refractivity contribution is 3.85. The fourth-order valence-corrected chi connectivity index (χ4v) is 0.0745. The van der Waals surface area contributed by atoms with Crippen molar-refractivity contribution >= 4 is 0 Å². The fraction of sp³-hybridized carbons (Fsp3) is 1.00. The van der Waals surface area contributed by atoms with E-state index in [0.29, 0.717) is 0 Å². The van der Waals surface area contributed by atoms with Gasteiger partial charge in [0.05, 0.1) is 14.2 Å². The molecule has 0 spiro atoms. The molecule has 38 valence electrons. The van der Waals surface area contributed by atoms with E-state index >= 15 is 0 Å². The highest BCUT2D eigenvalue weighted by Gasteiger charge is 1.81. The summed E-state index contributed by atoms with van der Waals surface area (Å²) in [6.45, 7) is 0. The first kappa shape index (κ1) is 5.88. The van der Waals surface area contributed by atoms with Crippen LogP contribution in [-0.2, 0) is 9.68 Å². The molecule has 0 saturated carbocycles. The van der Waals surface area contributed by atoms with Gasteiger partial charge in [0.2, 0.25) is 0 Å². The molecule has 0 atom stereocenters. The van der Waals surface area contributed by atoms with Crippen LogP contribution in [0.4, 0.5) is 0 Å². The quantitative estimate of drug-likeness (QED) is 0.448. The second-order valence-corrected chi connectivity index (χ2v) is 0.805. The normalized spacial score (nSPS) is 10.0. The molecule has 6 heavy (non-hydrogen) atoms. The predicted molar refractivity (Wildman–Crippen MR) is 21.8 cm³/mol. The molecule has 0 aliphatic rings. The molecule has 0 amide bonds. The highest BCUT2D eigenvalue weighted by atomic mass is 16.9. The summed E-state index contributed by atoms with van der Waals surface area (Å²) in [6.07, 6.45) is 0. The summed E-state index contributed by atoms with van der Waals surface area (Å²) in [6, 6.07) is 0. The van der Waals surface area contributed by atoms with Crippen LogP contribution in [0.25, 0.3) is 0 Å². The molecule has 0 radical (unpaired) electrons. The Kier molecular flexibility index (Phi) is 3.02. The molecule has 3 nitrogen and oxygen atoms in total. The van der Waals surface area contributed by atoms with Gasteiger partial charge < -0.3 is 0 Å². The van der Waals surface area contributed by atoms with Crippen molar-refractivity contribution in [1.82, 2.24) is 5.23 Å². The molecule has 0 aliphatic carbocycles. The lowest BCUT2D eigenvalue weighted by molar-refractivity contribution is -0.325. The molecule has 0 unspecified atom stereocenters. The zero-order chi connectivity index (χ0) is 4.99. The minimum atomic E-state index is 1.25. The van der Waals surface area contributed by atoms with E-state index in [1.807, 2.05) is 0 Å². The van der Waals surface area contributed by atoms with Gasteiger partial charge in [-0.3, -0.25) is 9.68 Å². The van der Waals surface area contributed by atoms with E-state index in [9.17, 15) is 0 Å². The van der Waals surface area contributed by atoms with E-state index in [-0.39, 0.29) is 0 Å². The molecular weight excluding hydrogens is 82.0 g/mol. The Morgan fingerprint density at radius 3 is 1.50 bits per heavy atom. The van der Waals surface area contributed by atoms with Gasteiger partial charge in [0.25, 0.3) is 0 Å². The van der Waals surface area contributed by atoms with E-state index < -0.39 is 0 Å². The molecule has 0 aromatic heterocycles. The Morgan fingerprint density at radius 1 is 1.17 bits per heavy atom. The van der Waals surface area contributed by atoms with Gasteiger partial charge in [-0.15, -0.1) is 0 Å². The van der Waals surface area contributed by atoms with Crippen LogP contribution >= 0.6 is 0 Å². The van der Waals surface area contributed by atoms with Crippen molar-refractivity contribution in [2.75, 3.05) is 21.3 Å². The van der Waals surface area contributed by atoms with Crippen LogP contribution in [0, 0.1) is 0 Å². The second-order valence-electron chi connectivity index (χ2n) is 0.805. The minimum absolute atomic E-state index is 1.25. The van der Waals surface area contributed by atoms with Crippen LogP contribution in [0.15, 0.2) is 0 Å². The number of nitrogens with zero attached hydrogens (tertiary/aromatic N) is 1. The average molecular weight is 91.1 g/mol. The molecule has 0 rings (SSSR count). The van der Waals surface area contributed by atoms with Crippen molar-refractivity contribution in [3.8, 4) is 0 Å². The Bertz CT molecular complexity index is 28.0. The summed E-state index contributed by atoms with van der Waals surface area (Å²) in [5.41, 5.74) is 0. The second kappa shape index (κ2) is 3.08. The SMILES string of the molecule is CON(C)OC. The average Bonchev–Trinajstić information content (AvgIpc) is 1.65. The first-order valence-corrected chi connectivity index (χ1v) is 1.63. The first-order chi connectivity index (χ1) is 2.81. The van der Waals surface area contributed by atoms with Gasteiger partial charge in [-0.2, -0.15) is 0 Å². The summed E-state index contributed by atoms with van der Waals surface area (Å²) in [4.78, 5) is 9.02. The Balaban J connectivity index is 2.75. The molecule has 0 aliphatic heterocycles. The lowest BCUT2D eigenvalue weighted by atomic mass is 11.5. The van der Waals surface area contributed by atoms with Crippen molar-refractivity contribution in [2.45, 2.75) is 0 Å². The topological polar surface area (TPSA) is 21.7 Å². The molecule has 0 heterocycles. The van der Waals surface area contributed by atoms with Crippen LogP contribution < -0.4 is 0 Å². The van der Waals surface area contributed by atoms with Crippen molar-refractivity contribution in [3.63, 3.8) is 0 Å². The summed E-state index contributed by atoms with van der Waals surface area (Å²) in [5.74, 6) is 0. The standard InChI is InChI=1S/C3H9NO2/c1-4(5-2)6-3/h1-3H3. The van der Waals surface area contributed by atoms with Crippen LogP contribution in [0.5, 0.6) is 0 Å². The monoisotopic (exact) mass is 91.1 g/mol. The minimum Gasteiger partial charge on any atom is -0.278 e. The maximum Gasteiger partial charge on any atom is 0.0601 e. The van der Waals surface area contributed by atoms with Gasteiger partial charge >= 0.3 is 0 Å². The largest absolute Gasteiger partial charge is 0.278 e. The summed E-state index contributed by atoms with van der Waals surface area (Å²) in [5, 5.41) is 1.25. The van der Waals surface area contributed by atoms with E-state index in [2.05, 4.69) is 9.68 Å². The Morgan fingerprint density at radius 2 is 1.50 bits per heavy atom. The van der Waals surface area contributed by atoms with Crippen LogP contribution in [0.2, 0.25) is 0 Å². The van der Waals surface area contributed by atoms with E-state index in [1.165, 1.54) is 19.4 Å². The van der Waals surface area contributed by atoms with Gasteiger partial charge in [0.1, 0.15) is 0 Å². The van der Waals surface area contributed by atoms with Gasteiger partial charge in [-0.1, -0.05) is 5.23 Å². The van der Waals surface area contributed by atoms with E-state index in [4.69, 9.17) is 0 Å². The summed E-state index contributed by atoms with van der Waals surface area (Å²) in [7, 11) is 4.73. The summed E-state index contributed by atoms with van der Waals surface area (Å²) < 4.78 is 0. The van der Waals surface area contributed by atoms with Crippen molar-refractivity contribution in [3.05, 3.63) is 0 Å². The van der Waals surface area contributed by atoms with Crippen LogP contribution in [0.1, 0.15) is 0 Å². The van der Waals surface area contributed by atoms with Crippen molar-refractivity contribution in [2.24, 2.45) is 0 Å². The molecule has 0 fully saturated rings. The molecule has 0 bridgehead atoms. The molecule has 0 saturated heterocycles. The molecule has 0 aromatic rings. The first-order valence-electron chi connectivity index (χ1n) is 1.63. The van der Waals surface area contributed by atoms with Crippen molar-refractivity contribution in [1.29, 1.82) is 0 Å². The van der Waals surface area contributed by atoms with Crippen LogP contribution in [-0.4, -0.2) is 26.5 Å². The third-order valence-corrected chi connectivity index (χ3v) is 0.514. The molecule has 0 aromatic carbocycles. The number of rotatable bonds is 2. The predicted octanol–water partition coefficient (Wildman–Crippen LogP) is 0.0410. The van der Waals surface area contributed by atoms with Crippen molar-refractivity contribution < 1.29 is 9.68 Å². The zero-order valence-corrected chi connectivity index (χ0v) is 4.26.